The van der Waals surface area contributed by atoms with Crippen molar-refractivity contribution in [2.24, 2.45) is 0 Å². The maximum Gasteiger partial charge on any atom is 0.413 e. The van der Waals surface area contributed by atoms with Gasteiger partial charge in [-0.3, -0.25) is 5.32 Å². The number of hydrogen-bond acceptors (Lipinski definition) is 7. The zero-order chi connectivity index (χ0) is 22.6. The monoisotopic (exact) mass is 439 g/mol. The van der Waals surface area contributed by atoms with Crippen LogP contribution in [-0.2, 0) is 24.4 Å². The SMILES string of the molecule is CCOC(OC)(c1cc(N2CCOCC2)cc(NC(=O)OC(C)(C)C)n1)[Si](C)(C)C. The van der Waals surface area contributed by atoms with Gasteiger partial charge in [0.25, 0.3) is 0 Å². The number of ether oxygens (including phenoxy) is 4. The predicted molar refractivity (Wildman–Crippen MR) is 121 cm³/mol. The highest BCUT2D eigenvalue weighted by Gasteiger charge is 2.48. The number of carbonyl (C=O) groups excluding carboxylic acids is 1. The van der Waals surface area contributed by atoms with Crippen molar-refractivity contribution in [1.29, 1.82) is 0 Å². The van der Waals surface area contributed by atoms with Crippen LogP contribution < -0.4 is 10.2 Å². The maximum absolute atomic E-state index is 12.4. The molecule has 1 unspecified atom stereocenters. The molecule has 1 amide bonds. The van der Waals surface area contributed by atoms with Crippen LogP contribution >= 0.6 is 0 Å². The second-order valence-corrected chi connectivity index (χ2v) is 14.5. The fraction of sp³-hybridized carbons (Fsp3) is 0.714. The van der Waals surface area contributed by atoms with E-state index >= 15 is 0 Å². The first-order valence-electron chi connectivity index (χ1n) is 10.5. The second kappa shape index (κ2) is 9.63. The normalized spacial score (nSPS) is 17.4. The molecule has 1 fully saturated rings. The van der Waals surface area contributed by atoms with Crippen molar-refractivity contribution < 1.29 is 23.7 Å². The molecule has 1 atom stereocenters. The van der Waals surface area contributed by atoms with Crippen molar-refractivity contribution in [1.82, 2.24) is 4.98 Å². The van der Waals surface area contributed by atoms with Crippen LogP contribution in [0.5, 0.6) is 0 Å². The van der Waals surface area contributed by atoms with Crippen molar-refractivity contribution in [3.05, 3.63) is 17.8 Å². The first-order valence-corrected chi connectivity index (χ1v) is 14.0. The van der Waals surface area contributed by atoms with Crippen molar-refractivity contribution >= 4 is 25.7 Å². The number of morpholine rings is 1. The lowest BCUT2D eigenvalue weighted by Crippen LogP contribution is -2.53. The van der Waals surface area contributed by atoms with E-state index in [2.05, 4.69) is 29.9 Å². The van der Waals surface area contributed by atoms with E-state index in [0.29, 0.717) is 31.3 Å². The molecule has 0 aliphatic carbocycles. The number of rotatable bonds is 7. The van der Waals surface area contributed by atoms with Crippen LogP contribution in [0.2, 0.25) is 19.6 Å². The van der Waals surface area contributed by atoms with Gasteiger partial charge in [0.2, 0.25) is 0 Å². The Balaban J connectivity index is 2.53. The third-order valence-electron chi connectivity index (χ3n) is 4.77. The molecule has 1 aliphatic heterocycles. The molecule has 2 rings (SSSR count). The van der Waals surface area contributed by atoms with Crippen LogP contribution in [-0.4, -0.2) is 64.8 Å². The Hall–Kier alpha value is -1.68. The zero-order valence-electron chi connectivity index (χ0n) is 19.6. The Labute approximate surface area is 181 Å². The van der Waals surface area contributed by atoms with E-state index in [0.717, 1.165) is 18.8 Å². The van der Waals surface area contributed by atoms with Gasteiger partial charge in [0.1, 0.15) is 19.5 Å². The first-order chi connectivity index (χ1) is 13.9. The van der Waals surface area contributed by atoms with Gasteiger partial charge in [-0.1, -0.05) is 19.6 Å². The fourth-order valence-corrected chi connectivity index (χ4v) is 5.59. The summed E-state index contributed by atoms with van der Waals surface area (Å²) < 4.78 is 23.1. The highest BCUT2D eigenvalue weighted by atomic mass is 28.3. The number of anilines is 2. The molecule has 170 valence electrons. The summed E-state index contributed by atoms with van der Waals surface area (Å²) in [4.78, 5) is 19.4. The van der Waals surface area contributed by atoms with Gasteiger partial charge >= 0.3 is 6.09 Å². The largest absolute Gasteiger partial charge is 0.444 e. The van der Waals surface area contributed by atoms with E-state index in [1.165, 1.54) is 0 Å². The standard InChI is InChI=1S/C21H37N3O5Si/c1-9-28-21(26-5,30(6,7)8)17-14-16(24-10-12-27-13-11-24)15-18(22-17)23-19(25)29-20(2,3)4/h14-15H,9-13H2,1-8H3,(H,22,23,25). The lowest BCUT2D eigenvalue weighted by atomic mass is 10.2. The average Bonchev–Trinajstić information content (AvgIpc) is 2.64. The van der Waals surface area contributed by atoms with E-state index < -0.39 is 25.2 Å². The zero-order valence-corrected chi connectivity index (χ0v) is 20.6. The molecule has 1 aliphatic rings. The number of aromatic nitrogens is 1. The van der Waals surface area contributed by atoms with Gasteiger partial charge in [-0.25, -0.2) is 9.78 Å². The van der Waals surface area contributed by atoms with E-state index in [-0.39, 0.29) is 0 Å². The Bertz CT molecular complexity index is 726. The molecule has 8 nitrogen and oxygen atoms in total. The highest BCUT2D eigenvalue weighted by Crippen LogP contribution is 2.38. The quantitative estimate of drug-likeness (QED) is 0.508. The Morgan fingerprint density at radius 2 is 1.87 bits per heavy atom. The van der Waals surface area contributed by atoms with E-state index in [9.17, 15) is 4.79 Å². The minimum absolute atomic E-state index is 0.405. The summed E-state index contributed by atoms with van der Waals surface area (Å²) in [5.74, 6) is 0.405. The third-order valence-corrected chi connectivity index (χ3v) is 7.35. The molecule has 1 N–H and O–H groups in total. The Morgan fingerprint density at radius 1 is 1.23 bits per heavy atom. The molecule has 0 radical (unpaired) electrons. The molecule has 2 heterocycles. The molecular weight excluding hydrogens is 402 g/mol. The minimum atomic E-state index is -2.07. The highest BCUT2D eigenvalue weighted by molar-refractivity contribution is 6.78. The summed E-state index contributed by atoms with van der Waals surface area (Å²) in [6.45, 7) is 17.3. The van der Waals surface area contributed by atoms with Crippen molar-refractivity contribution in [2.45, 2.75) is 58.3 Å². The summed E-state index contributed by atoms with van der Waals surface area (Å²) >= 11 is 0. The number of nitrogens with one attached hydrogen (secondary N) is 1. The lowest BCUT2D eigenvalue weighted by Gasteiger charge is -2.42. The lowest BCUT2D eigenvalue weighted by molar-refractivity contribution is -0.176. The molecule has 0 bridgehead atoms. The Kier molecular flexibility index (Phi) is 7.89. The smallest absolute Gasteiger partial charge is 0.413 e. The predicted octanol–water partition coefficient (Wildman–Crippen LogP) is 3.98. The Morgan fingerprint density at radius 3 is 2.37 bits per heavy atom. The maximum atomic E-state index is 12.4. The van der Waals surface area contributed by atoms with Gasteiger partial charge in [-0.2, -0.15) is 0 Å². The van der Waals surface area contributed by atoms with Crippen LogP contribution in [0.1, 0.15) is 33.4 Å². The van der Waals surface area contributed by atoms with E-state index in [4.69, 9.17) is 23.9 Å². The summed E-state index contributed by atoms with van der Waals surface area (Å²) in [6, 6.07) is 3.86. The third kappa shape index (κ3) is 5.93. The summed E-state index contributed by atoms with van der Waals surface area (Å²) in [7, 11) is -0.416. The molecule has 9 heteroatoms. The van der Waals surface area contributed by atoms with Gasteiger partial charge in [0.15, 0.2) is 5.41 Å². The number of hydrogen-bond donors (Lipinski definition) is 1. The van der Waals surface area contributed by atoms with Crippen molar-refractivity contribution in [3.63, 3.8) is 0 Å². The van der Waals surface area contributed by atoms with Crippen LogP contribution in [0, 0.1) is 0 Å². The summed E-state index contributed by atoms with van der Waals surface area (Å²) in [5.41, 5.74) is 0.0399. The minimum Gasteiger partial charge on any atom is -0.444 e. The number of amides is 1. The topological polar surface area (TPSA) is 82.2 Å². The van der Waals surface area contributed by atoms with Crippen LogP contribution in [0.15, 0.2) is 12.1 Å². The number of carbonyl (C=O) groups is 1. The van der Waals surface area contributed by atoms with Crippen LogP contribution in [0.25, 0.3) is 0 Å². The van der Waals surface area contributed by atoms with Gasteiger partial charge in [0, 0.05) is 38.6 Å². The fourth-order valence-electron chi connectivity index (χ4n) is 3.51. The molecule has 0 spiro atoms. The summed E-state index contributed by atoms with van der Waals surface area (Å²) in [5, 5.41) is 2.78. The van der Waals surface area contributed by atoms with Gasteiger partial charge in [0.05, 0.1) is 18.9 Å². The summed E-state index contributed by atoms with van der Waals surface area (Å²) in [6.07, 6.45) is -0.549. The molecule has 1 aromatic rings. The second-order valence-electron chi connectivity index (χ2n) is 9.33. The first kappa shape index (κ1) is 24.6. The average molecular weight is 440 g/mol. The molecule has 30 heavy (non-hydrogen) atoms. The molecule has 0 aromatic carbocycles. The van der Waals surface area contributed by atoms with Gasteiger partial charge in [-0.05, 0) is 33.8 Å². The molecule has 1 aromatic heterocycles. The molecular formula is C21H37N3O5Si. The van der Waals surface area contributed by atoms with E-state index in [1.54, 1.807) is 7.11 Å². The van der Waals surface area contributed by atoms with Crippen LogP contribution in [0.4, 0.5) is 16.3 Å². The number of nitrogens with zero attached hydrogens (tertiary/aromatic N) is 2. The molecule has 0 saturated carbocycles. The molecule has 1 saturated heterocycles. The van der Waals surface area contributed by atoms with Crippen molar-refractivity contribution in [2.75, 3.05) is 50.2 Å². The van der Waals surface area contributed by atoms with Crippen LogP contribution in [0.3, 0.4) is 0 Å². The van der Waals surface area contributed by atoms with Gasteiger partial charge in [-0.15, -0.1) is 0 Å². The number of methoxy groups -OCH3 is 1. The van der Waals surface area contributed by atoms with Crippen molar-refractivity contribution in [3.8, 4) is 0 Å². The van der Waals surface area contributed by atoms with Gasteiger partial charge < -0.3 is 23.8 Å². The van der Waals surface area contributed by atoms with E-state index in [1.807, 2.05) is 39.8 Å². The number of pyridine rings is 1.